The molecule has 2 saturated heterocycles. The molecule has 2 aromatic rings. The molecular formula is C19H27ClN4S. The topological polar surface area (TPSA) is 45.4 Å². The average Bonchev–Trinajstić information content (AvgIpc) is 3.18. The molecule has 1 aromatic heterocycles. The van der Waals surface area contributed by atoms with Crippen molar-refractivity contribution in [1.82, 2.24) is 14.8 Å². The minimum Gasteiger partial charge on any atom is -0.375 e. The van der Waals surface area contributed by atoms with E-state index in [1.807, 2.05) is 6.20 Å². The predicted octanol–water partition coefficient (Wildman–Crippen LogP) is 3.64. The van der Waals surface area contributed by atoms with E-state index in [0.717, 1.165) is 13.1 Å². The van der Waals surface area contributed by atoms with Gasteiger partial charge in [0.1, 0.15) is 0 Å². The molecule has 0 aliphatic carbocycles. The molecule has 0 unspecified atom stereocenters. The minimum absolute atomic E-state index is 0. The van der Waals surface area contributed by atoms with Crippen molar-refractivity contribution in [3.8, 4) is 0 Å². The van der Waals surface area contributed by atoms with Crippen molar-refractivity contribution in [3.05, 3.63) is 47.0 Å². The number of nitrogens with zero attached hydrogens (tertiary/aromatic N) is 3. The summed E-state index contributed by atoms with van der Waals surface area (Å²) in [5, 5.41) is 0.686. The fourth-order valence-corrected chi connectivity index (χ4v) is 4.94. The lowest BCUT2D eigenvalue weighted by Gasteiger charge is -2.39. The second kappa shape index (κ2) is 8.04. The predicted molar refractivity (Wildman–Crippen MR) is 107 cm³/mol. The zero-order valence-electron chi connectivity index (χ0n) is 14.6. The van der Waals surface area contributed by atoms with Crippen molar-refractivity contribution in [2.24, 2.45) is 5.41 Å². The summed E-state index contributed by atoms with van der Waals surface area (Å²) < 4.78 is 0. The molecule has 2 N–H and O–H groups in total. The fourth-order valence-electron chi connectivity index (χ4n) is 4.21. The van der Waals surface area contributed by atoms with Crippen molar-refractivity contribution in [1.29, 1.82) is 0 Å². The molecule has 0 saturated carbocycles. The molecule has 4 nitrogen and oxygen atoms in total. The van der Waals surface area contributed by atoms with Gasteiger partial charge >= 0.3 is 0 Å². The average molecular weight is 379 g/mol. The van der Waals surface area contributed by atoms with Gasteiger partial charge in [-0.25, -0.2) is 4.98 Å². The van der Waals surface area contributed by atoms with E-state index in [1.165, 1.54) is 55.9 Å². The Balaban J connectivity index is 0.00000182. The van der Waals surface area contributed by atoms with Crippen LogP contribution in [0.1, 0.15) is 29.7 Å². The first kappa shape index (κ1) is 18.6. The zero-order valence-corrected chi connectivity index (χ0v) is 16.2. The van der Waals surface area contributed by atoms with Crippen LogP contribution >= 0.6 is 23.7 Å². The third-order valence-corrected chi connectivity index (χ3v) is 6.45. The Bertz CT molecular complexity index is 667. The van der Waals surface area contributed by atoms with E-state index in [0.29, 0.717) is 10.5 Å². The quantitative estimate of drug-likeness (QED) is 0.882. The van der Waals surface area contributed by atoms with Gasteiger partial charge in [-0.15, -0.1) is 23.7 Å². The Morgan fingerprint density at radius 2 is 1.68 bits per heavy atom. The highest BCUT2D eigenvalue weighted by atomic mass is 35.5. The summed E-state index contributed by atoms with van der Waals surface area (Å²) in [5.41, 5.74) is 7.73. The Labute approximate surface area is 160 Å². The first-order valence-electron chi connectivity index (χ1n) is 8.90. The van der Waals surface area contributed by atoms with E-state index in [4.69, 9.17) is 5.73 Å². The molecule has 3 heterocycles. The maximum absolute atomic E-state index is 5.74. The maximum atomic E-state index is 5.74. The molecule has 1 spiro atoms. The van der Waals surface area contributed by atoms with Gasteiger partial charge in [0.2, 0.25) is 0 Å². The molecular weight excluding hydrogens is 352 g/mol. The first-order valence-corrected chi connectivity index (χ1v) is 9.71. The van der Waals surface area contributed by atoms with Crippen LogP contribution in [0.2, 0.25) is 0 Å². The van der Waals surface area contributed by atoms with Crippen LogP contribution in [0.4, 0.5) is 5.13 Å². The number of likely N-dealkylation sites (tertiary alicyclic amines) is 2. The van der Waals surface area contributed by atoms with Gasteiger partial charge in [0.05, 0.1) is 0 Å². The number of rotatable bonds is 4. The van der Waals surface area contributed by atoms with E-state index in [1.54, 1.807) is 11.3 Å². The summed E-state index contributed by atoms with van der Waals surface area (Å²) >= 11 is 1.62. The van der Waals surface area contributed by atoms with Gasteiger partial charge in [0.15, 0.2) is 5.13 Å². The minimum atomic E-state index is 0. The van der Waals surface area contributed by atoms with Crippen molar-refractivity contribution in [2.75, 3.05) is 31.9 Å². The van der Waals surface area contributed by atoms with Crippen LogP contribution in [0.5, 0.6) is 0 Å². The van der Waals surface area contributed by atoms with Crippen LogP contribution in [-0.2, 0) is 13.1 Å². The maximum Gasteiger partial charge on any atom is 0.180 e. The van der Waals surface area contributed by atoms with Crippen molar-refractivity contribution in [3.63, 3.8) is 0 Å². The van der Waals surface area contributed by atoms with E-state index >= 15 is 0 Å². The summed E-state index contributed by atoms with van der Waals surface area (Å²) in [6, 6.07) is 10.9. The summed E-state index contributed by atoms with van der Waals surface area (Å²) in [5.74, 6) is 0. The lowest BCUT2D eigenvalue weighted by atomic mass is 9.78. The molecule has 2 aliphatic rings. The Hall–Kier alpha value is -1.14. The number of piperidine rings is 1. The monoisotopic (exact) mass is 378 g/mol. The van der Waals surface area contributed by atoms with Crippen LogP contribution < -0.4 is 5.73 Å². The van der Waals surface area contributed by atoms with Crippen molar-refractivity contribution < 1.29 is 0 Å². The highest BCUT2D eigenvalue weighted by Gasteiger charge is 2.40. The summed E-state index contributed by atoms with van der Waals surface area (Å²) in [4.78, 5) is 10.7. The lowest BCUT2D eigenvalue weighted by Crippen LogP contribution is -2.41. The van der Waals surface area contributed by atoms with Crippen LogP contribution in [-0.4, -0.2) is 41.0 Å². The smallest absolute Gasteiger partial charge is 0.180 e. The van der Waals surface area contributed by atoms with Crippen molar-refractivity contribution >= 4 is 28.9 Å². The SMILES string of the molecule is Cl.Nc1ncc(CN2CCC3(CC2)CCN(Cc2ccccc2)C3)s1. The van der Waals surface area contributed by atoms with Crippen molar-refractivity contribution in [2.45, 2.75) is 32.4 Å². The molecule has 0 radical (unpaired) electrons. The zero-order chi connectivity index (χ0) is 16.4. The Kier molecular flexibility index (Phi) is 6.00. The fraction of sp³-hybridized carbons (Fsp3) is 0.526. The van der Waals surface area contributed by atoms with Gasteiger partial charge in [-0.3, -0.25) is 9.80 Å². The number of hydrogen-bond acceptors (Lipinski definition) is 5. The number of thiazole rings is 1. The molecule has 0 bridgehead atoms. The third kappa shape index (κ3) is 4.53. The van der Waals surface area contributed by atoms with Crippen LogP contribution in [0.3, 0.4) is 0 Å². The van der Waals surface area contributed by atoms with Crippen LogP contribution in [0.25, 0.3) is 0 Å². The molecule has 0 atom stereocenters. The number of nitrogens with two attached hydrogens (primary N) is 1. The number of halogens is 1. The molecule has 6 heteroatoms. The van der Waals surface area contributed by atoms with Gasteiger partial charge in [0.25, 0.3) is 0 Å². The van der Waals surface area contributed by atoms with E-state index < -0.39 is 0 Å². The van der Waals surface area contributed by atoms with Gasteiger partial charge in [-0.2, -0.15) is 0 Å². The lowest BCUT2D eigenvalue weighted by molar-refractivity contribution is 0.103. The largest absolute Gasteiger partial charge is 0.375 e. The molecule has 2 aliphatic heterocycles. The number of benzene rings is 1. The molecule has 136 valence electrons. The number of aromatic nitrogens is 1. The Morgan fingerprint density at radius 1 is 1.00 bits per heavy atom. The first-order chi connectivity index (χ1) is 11.7. The number of hydrogen-bond donors (Lipinski definition) is 1. The van der Waals surface area contributed by atoms with Crippen LogP contribution in [0.15, 0.2) is 36.5 Å². The molecule has 0 amide bonds. The normalized spacial score (nSPS) is 20.6. The third-order valence-electron chi connectivity index (χ3n) is 5.63. The number of nitrogen functional groups attached to an aromatic ring is 1. The summed E-state index contributed by atoms with van der Waals surface area (Å²) in [7, 11) is 0. The number of anilines is 1. The standard InChI is InChI=1S/C19H26N4S.ClH/c20-18-21-12-17(24-18)14-22-9-6-19(7-10-22)8-11-23(15-19)13-16-4-2-1-3-5-16;/h1-5,12H,6-11,13-15H2,(H2,20,21);1H. The van der Waals surface area contributed by atoms with Crippen LogP contribution in [0, 0.1) is 5.41 Å². The highest BCUT2D eigenvalue weighted by molar-refractivity contribution is 7.15. The summed E-state index contributed by atoms with van der Waals surface area (Å²) in [6.45, 7) is 7.04. The second-order valence-corrected chi connectivity index (χ2v) is 8.53. The van der Waals surface area contributed by atoms with E-state index in [2.05, 4.69) is 45.1 Å². The van der Waals surface area contributed by atoms with E-state index in [9.17, 15) is 0 Å². The molecule has 1 aromatic carbocycles. The molecule has 25 heavy (non-hydrogen) atoms. The van der Waals surface area contributed by atoms with Gasteiger partial charge in [-0.1, -0.05) is 30.3 Å². The van der Waals surface area contributed by atoms with Gasteiger partial charge in [-0.05, 0) is 49.9 Å². The molecule has 4 rings (SSSR count). The highest BCUT2D eigenvalue weighted by Crippen LogP contribution is 2.41. The van der Waals surface area contributed by atoms with E-state index in [-0.39, 0.29) is 12.4 Å². The molecule has 2 fully saturated rings. The Morgan fingerprint density at radius 3 is 2.32 bits per heavy atom. The summed E-state index contributed by atoms with van der Waals surface area (Å²) in [6.07, 6.45) is 5.95. The second-order valence-electron chi connectivity index (χ2n) is 7.39. The van der Waals surface area contributed by atoms with Gasteiger partial charge < -0.3 is 5.73 Å². The van der Waals surface area contributed by atoms with Gasteiger partial charge in [0, 0.05) is 30.7 Å².